The Bertz CT molecular complexity index is 987. The van der Waals surface area contributed by atoms with E-state index in [0.29, 0.717) is 12.0 Å². The van der Waals surface area contributed by atoms with Gasteiger partial charge in [0.1, 0.15) is 17.3 Å². The molecule has 2 aromatic rings. The molecule has 1 N–H and O–H groups in total. The maximum Gasteiger partial charge on any atom is 0.387 e. The number of benzene rings is 2. The smallest absolute Gasteiger partial charge is 0.387 e. The number of alkyl halides is 4. The van der Waals surface area contributed by atoms with Crippen molar-refractivity contribution in [3.05, 3.63) is 69.7 Å². The molecule has 0 radical (unpaired) electrons. The number of aliphatic hydroxyl groups is 1. The fourth-order valence-corrected chi connectivity index (χ4v) is 3.63. The first kappa shape index (κ1) is 28.1. The van der Waals surface area contributed by atoms with Gasteiger partial charge in [-0.25, -0.2) is 4.39 Å². The molecule has 0 atom stereocenters. The lowest BCUT2D eigenvalue weighted by atomic mass is 10.00. The Kier molecular flexibility index (Phi) is 12.1. The monoisotopic (exact) mass is 486 g/mol. The summed E-state index contributed by atoms with van der Waals surface area (Å²) in [6, 6.07) is 7.34. The number of thioether (sulfide) groups is 1. The number of hydrogen-bond donors (Lipinski definition) is 1. The summed E-state index contributed by atoms with van der Waals surface area (Å²) in [6.45, 7) is -2.80. The summed E-state index contributed by atoms with van der Waals surface area (Å²) in [4.78, 5) is 1.63. The standard InChI is InChI=1S/C22H21F5O3S.C2H2/c1-3-17(31-18(4-2)12-28)7-13-5-6-20(30-22(26)27)19(8-13)14-9-15(23)11-16(10-14)29-21(24)25;1-2/h3-6,8-11,21-22,28H,7,12H2,1-2H3;1-2H/b17-3-,18-4-;. The summed E-state index contributed by atoms with van der Waals surface area (Å²) in [5, 5.41) is 9.36. The zero-order valence-electron chi connectivity index (χ0n) is 17.9. The molecule has 0 aliphatic heterocycles. The number of allylic oxidation sites excluding steroid dienone is 3. The van der Waals surface area contributed by atoms with Gasteiger partial charge in [0.15, 0.2) is 0 Å². The minimum Gasteiger partial charge on any atom is -0.435 e. The van der Waals surface area contributed by atoms with Crippen LogP contribution in [0.15, 0.2) is 58.4 Å². The summed E-state index contributed by atoms with van der Waals surface area (Å²) >= 11 is 1.37. The number of terminal acetylenes is 1. The molecule has 0 amide bonds. The van der Waals surface area contributed by atoms with Crippen LogP contribution in [0, 0.1) is 18.7 Å². The number of aliphatic hydroxyl groups excluding tert-OH is 1. The van der Waals surface area contributed by atoms with E-state index in [0.717, 1.165) is 28.0 Å². The lowest BCUT2D eigenvalue weighted by molar-refractivity contribution is -0.0501. The van der Waals surface area contributed by atoms with Crippen molar-refractivity contribution >= 4 is 11.8 Å². The molecule has 0 spiro atoms. The molecule has 0 fully saturated rings. The van der Waals surface area contributed by atoms with Crippen molar-refractivity contribution in [2.45, 2.75) is 33.5 Å². The summed E-state index contributed by atoms with van der Waals surface area (Å²) in [7, 11) is 0. The number of ether oxygens (including phenoxy) is 2. The molecule has 2 rings (SSSR count). The summed E-state index contributed by atoms with van der Waals surface area (Å²) in [5.74, 6) is -1.54. The van der Waals surface area contributed by atoms with E-state index in [9.17, 15) is 27.1 Å². The van der Waals surface area contributed by atoms with Crippen LogP contribution < -0.4 is 9.47 Å². The molecule has 33 heavy (non-hydrogen) atoms. The highest BCUT2D eigenvalue weighted by Gasteiger charge is 2.16. The molecule has 3 nitrogen and oxygen atoms in total. The number of hydrogen-bond acceptors (Lipinski definition) is 4. The summed E-state index contributed by atoms with van der Waals surface area (Å²) in [6.07, 6.45) is 12.0. The van der Waals surface area contributed by atoms with Gasteiger partial charge in [-0.05, 0) is 54.1 Å². The molecule has 0 bridgehead atoms. The molecule has 9 heteroatoms. The largest absolute Gasteiger partial charge is 0.435 e. The van der Waals surface area contributed by atoms with Gasteiger partial charge in [0.2, 0.25) is 0 Å². The van der Waals surface area contributed by atoms with Gasteiger partial charge in [0.25, 0.3) is 0 Å². The maximum atomic E-state index is 14.0. The predicted octanol–water partition coefficient (Wildman–Crippen LogP) is 7.02. The molecule has 178 valence electrons. The predicted molar refractivity (Wildman–Crippen MR) is 121 cm³/mol. The quantitative estimate of drug-likeness (QED) is 0.289. The highest BCUT2D eigenvalue weighted by atomic mass is 32.2. The molecule has 0 aliphatic rings. The summed E-state index contributed by atoms with van der Waals surface area (Å²) < 4.78 is 73.6. The van der Waals surface area contributed by atoms with Crippen molar-refractivity contribution in [1.29, 1.82) is 0 Å². The zero-order chi connectivity index (χ0) is 25.0. The average molecular weight is 487 g/mol. The molecule has 0 heterocycles. The van der Waals surface area contributed by atoms with Gasteiger partial charge in [-0.1, -0.05) is 30.0 Å². The van der Waals surface area contributed by atoms with E-state index in [1.165, 1.54) is 23.9 Å². The highest BCUT2D eigenvalue weighted by molar-refractivity contribution is 8.06. The van der Waals surface area contributed by atoms with E-state index in [1.807, 2.05) is 13.0 Å². The number of rotatable bonds is 10. The Morgan fingerprint density at radius 1 is 0.970 bits per heavy atom. The van der Waals surface area contributed by atoms with Crippen molar-refractivity contribution in [3.8, 4) is 35.5 Å². The van der Waals surface area contributed by atoms with Gasteiger partial charge in [0, 0.05) is 23.0 Å². The van der Waals surface area contributed by atoms with Crippen molar-refractivity contribution in [2.75, 3.05) is 6.61 Å². The Balaban J connectivity index is 0.00000265. The molecule has 0 aliphatic carbocycles. The van der Waals surface area contributed by atoms with Crippen LogP contribution in [0.25, 0.3) is 11.1 Å². The van der Waals surface area contributed by atoms with E-state index >= 15 is 0 Å². The fourth-order valence-electron chi connectivity index (χ4n) is 2.75. The van der Waals surface area contributed by atoms with E-state index in [-0.39, 0.29) is 23.5 Å². The fraction of sp³-hybridized carbons (Fsp3) is 0.250. The van der Waals surface area contributed by atoms with Crippen LogP contribution in [0.5, 0.6) is 11.5 Å². The molecular weight excluding hydrogens is 463 g/mol. The minimum atomic E-state index is -3.17. The van der Waals surface area contributed by atoms with E-state index in [1.54, 1.807) is 19.1 Å². The van der Waals surface area contributed by atoms with Crippen molar-refractivity contribution in [1.82, 2.24) is 0 Å². The van der Waals surface area contributed by atoms with Crippen LogP contribution in [0.3, 0.4) is 0 Å². The second-order valence-corrected chi connectivity index (χ2v) is 7.46. The van der Waals surface area contributed by atoms with Gasteiger partial charge < -0.3 is 14.6 Å². The van der Waals surface area contributed by atoms with Crippen molar-refractivity contribution in [3.63, 3.8) is 0 Å². The van der Waals surface area contributed by atoms with Gasteiger partial charge >= 0.3 is 13.2 Å². The molecule has 0 saturated heterocycles. The van der Waals surface area contributed by atoms with Gasteiger partial charge in [-0.3, -0.25) is 0 Å². The topological polar surface area (TPSA) is 38.7 Å². The summed E-state index contributed by atoms with van der Waals surface area (Å²) in [5.41, 5.74) is 0.837. The highest BCUT2D eigenvalue weighted by Crippen LogP contribution is 2.36. The SMILES string of the molecule is C#C.C/C=C(/CO)S/C(=C\C)Cc1ccc(OC(F)F)c(-c2cc(F)cc(OC(F)F)c2)c1. The lowest BCUT2D eigenvalue weighted by Crippen LogP contribution is -2.05. The van der Waals surface area contributed by atoms with Gasteiger partial charge in [-0.15, -0.1) is 12.8 Å². The molecular formula is C24H23F5O3S. The maximum absolute atomic E-state index is 14.0. The van der Waals surface area contributed by atoms with E-state index in [2.05, 4.69) is 22.3 Å². The Hall–Kier alpha value is -2.96. The minimum absolute atomic E-state index is 0.0485. The van der Waals surface area contributed by atoms with E-state index in [4.69, 9.17) is 0 Å². The van der Waals surface area contributed by atoms with Crippen LogP contribution >= 0.6 is 11.8 Å². The van der Waals surface area contributed by atoms with Gasteiger partial charge in [-0.2, -0.15) is 17.6 Å². The van der Waals surface area contributed by atoms with Crippen LogP contribution in [-0.2, 0) is 6.42 Å². The first-order valence-corrected chi connectivity index (χ1v) is 10.3. The Morgan fingerprint density at radius 2 is 1.61 bits per heavy atom. The molecule has 0 aromatic heterocycles. The van der Waals surface area contributed by atoms with Crippen LogP contribution in [0.1, 0.15) is 19.4 Å². The zero-order valence-corrected chi connectivity index (χ0v) is 18.7. The second kappa shape index (κ2) is 14.2. The third-order valence-corrected chi connectivity index (χ3v) is 5.38. The van der Waals surface area contributed by atoms with Crippen molar-refractivity contribution < 1.29 is 36.5 Å². The van der Waals surface area contributed by atoms with Crippen LogP contribution in [0.4, 0.5) is 22.0 Å². The Labute approximate surface area is 193 Å². The number of halogens is 5. The third-order valence-electron chi connectivity index (χ3n) is 4.11. The third kappa shape index (κ3) is 9.20. The van der Waals surface area contributed by atoms with Crippen molar-refractivity contribution in [2.24, 2.45) is 0 Å². The van der Waals surface area contributed by atoms with Crippen LogP contribution in [-0.4, -0.2) is 24.9 Å². The second-order valence-electron chi connectivity index (χ2n) is 6.21. The molecule has 2 aromatic carbocycles. The normalized spacial score (nSPS) is 11.9. The lowest BCUT2D eigenvalue weighted by Gasteiger charge is -2.15. The molecule has 0 saturated carbocycles. The van der Waals surface area contributed by atoms with E-state index < -0.39 is 24.8 Å². The first-order chi connectivity index (χ1) is 15.7. The average Bonchev–Trinajstić information content (AvgIpc) is 2.77. The van der Waals surface area contributed by atoms with Gasteiger partial charge in [0.05, 0.1) is 6.61 Å². The Morgan fingerprint density at radius 3 is 2.15 bits per heavy atom. The van der Waals surface area contributed by atoms with Crippen LogP contribution in [0.2, 0.25) is 0 Å². The molecule has 0 unspecified atom stereocenters. The first-order valence-electron chi connectivity index (χ1n) is 9.51.